The van der Waals surface area contributed by atoms with Gasteiger partial charge in [-0.15, -0.1) is 0 Å². The molecule has 0 aromatic carbocycles. The van der Waals surface area contributed by atoms with Gasteiger partial charge in [-0.05, 0) is 33.6 Å². The Balaban J connectivity index is 1.73. The van der Waals surface area contributed by atoms with Crippen LogP contribution in [0.5, 0.6) is 0 Å². The van der Waals surface area contributed by atoms with E-state index in [-0.39, 0.29) is 12.7 Å². The molecular weight excluding hydrogens is 296 g/mol. The number of amides is 1. The molecule has 0 unspecified atom stereocenters. The van der Waals surface area contributed by atoms with Crippen LogP contribution in [0, 0.1) is 0 Å². The van der Waals surface area contributed by atoms with Crippen LogP contribution in [0.3, 0.4) is 0 Å². The highest BCUT2D eigenvalue weighted by molar-refractivity contribution is 5.69. The van der Waals surface area contributed by atoms with E-state index in [4.69, 9.17) is 9.84 Å². The number of nitrogens with zero attached hydrogens (tertiary/aromatic N) is 3. The van der Waals surface area contributed by atoms with Crippen LogP contribution in [-0.2, 0) is 17.8 Å². The molecule has 0 saturated heterocycles. The zero-order chi connectivity index (χ0) is 16.9. The van der Waals surface area contributed by atoms with Gasteiger partial charge in [0.1, 0.15) is 5.60 Å². The number of ether oxygens (including phenoxy) is 1. The number of aliphatic hydroxyl groups is 1. The first-order chi connectivity index (χ1) is 10.9. The number of rotatable bonds is 8. The van der Waals surface area contributed by atoms with Crippen molar-refractivity contribution in [1.82, 2.24) is 20.0 Å². The standard InChI is InChI=1S/C16H28N4O3/c1-16(2,3)23-15(22)20(14-4-5-14)7-6-17-10-13-11-18-19(12-13)8-9-21/h11-12,14,17,21H,4-10H2,1-3H3. The van der Waals surface area contributed by atoms with E-state index in [2.05, 4.69) is 10.4 Å². The van der Waals surface area contributed by atoms with Crippen molar-refractivity contribution in [2.75, 3.05) is 19.7 Å². The Morgan fingerprint density at radius 1 is 1.52 bits per heavy atom. The Morgan fingerprint density at radius 2 is 2.26 bits per heavy atom. The van der Waals surface area contributed by atoms with Crippen LogP contribution in [0.4, 0.5) is 4.79 Å². The van der Waals surface area contributed by atoms with Gasteiger partial charge in [-0.1, -0.05) is 0 Å². The van der Waals surface area contributed by atoms with Crippen LogP contribution in [0.25, 0.3) is 0 Å². The van der Waals surface area contributed by atoms with E-state index in [1.54, 1.807) is 10.9 Å². The van der Waals surface area contributed by atoms with Crippen molar-refractivity contribution in [3.05, 3.63) is 18.0 Å². The molecule has 7 nitrogen and oxygen atoms in total. The third kappa shape index (κ3) is 6.19. The van der Waals surface area contributed by atoms with Crippen molar-refractivity contribution in [2.24, 2.45) is 0 Å². The molecule has 1 aliphatic rings. The number of carbonyl (C=O) groups is 1. The van der Waals surface area contributed by atoms with E-state index in [1.807, 2.05) is 31.9 Å². The summed E-state index contributed by atoms with van der Waals surface area (Å²) in [5.74, 6) is 0. The van der Waals surface area contributed by atoms with Crippen LogP contribution in [0.2, 0.25) is 0 Å². The van der Waals surface area contributed by atoms with E-state index in [9.17, 15) is 4.79 Å². The SMILES string of the molecule is CC(C)(C)OC(=O)N(CCNCc1cnn(CCO)c1)C1CC1. The molecule has 1 aromatic rings. The minimum Gasteiger partial charge on any atom is -0.444 e. The van der Waals surface area contributed by atoms with E-state index >= 15 is 0 Å². The maximum Gasteiger partial charge on any atom is 0.410 e. The zero-order valence-electron chi connectivity index (χ0n) is 14.3. The number of hydrogen-bond donors (Lipinski definition) is 2. The third-order valence-electron chi connectivity index (χ3n) is 3.49. The molecule has 0 radical (unpaired) electrons. The molecule has 0 bridgehead atoms. The molecule has 130 valence electrons. The lowest BCUT2D eigenvalue weighted by Crippen LogP contribution is -2.41. The van der Waals surface area contributed by atoms with Crippen LogP contribution in [0.15, 0.2) is 12.4 Å². The second kappa shape index (κ2) is 7.79. The van der Waals surface area contributed by atoms with Gasteiger partial charge >= 0.3 is 6.09 Å². The molecule has 1 heterocycles. The molecule has 0 aliphatic heterocycles. The highest BCUT2D eigenvalue weighted by atomic mass is 16.6. The lowest BCUT2D eigenvalue weighted by molar-refractivity contribution is 0.0236. The van der Waals surface area contributed by atoms with Gasteiger partial charge in [-0.2, -0.15) is 5.10 Å². The summed E-state index contributed by atoms with van der Waals surface area (Å²) in [5, 5.41) is 16.4. The number of nitrogens with one attached hydrogen (secondary N) is 1. The molecular formula is C16H28N4O3. The van der Waals surface area contributed by atoms with Gasteiger partial charge in [0.2, 0.25) is 0 Å². The molecule has 1 aliphatic carbocycles. The molecule has 2 N–H and O–H groups in total. The average molecular weight is 324 g/mol. The molecule has 1 amide bonds. The van der Waals surface area contributed by atoms with Crippen molar-refractivity contribution in [3.8, 4) is 0 Å². The fourth-order valence-electron chi connectivity index (χ4n) is 2.28. The maximum atomic E-state index is 12.2. The molecule has 0 spiro atoms. The summed E-state index contributed by atoms with van der Waals surface area (Å²) in [6.07, 6.45) is 5.60. The van der Waals surface area contributed by atoms with E-state index in [0.717, 1.165) is 18.4 Å². The number of aliphatic hydroxyl groups excluding tert-OH is 1. The van der Waals surface area contributed by atoms with Crippen LogP contribution >= 0.6 is 0 Å². The maximum absolute atomic E-state index is 12.2. The summed E-state index contributed by atoms with van der Waals surface area (Å²) in [6.45, 7) is 8.30. The Kier molecular flexibility index (Phi) is 6.01. The van der Waals surface area contributed by atoms with Gasteiger partial charge in [0.25, 0.3) is 0 Å². The van der Waals surface area contributed by atoms with E-state index in [0.29, 0.717) is 32.2 Å². The largest absolute Gasteiger partial charge is 0.444 e. The van der Waals surface area contributed by atoms with E-state index < -0.39 is 5.60 Å². The Hall–Kier alpha value is -1.60. The quantitative estimate of drug-likeness (QED) is 0.706. The summed E-state index contributed by atoms with van der Waals surface area (Å²) in [6, 6.07) is 0.332. The topological polar surface area (TPSA) is 79.6 Å². The third-order valence-corrected chi connectivity index (χ3v) is 3.49. The monoisotopic (exact) mass is 324 g/mol. The Labute approximate surface area is 137 Å². The predicted octanol–water partition coefficient (Wildman–Crippen LogP) is 1.36. The number of aromatic nitrogens is 2. The first-order valence-electron chi connectivity index (χ1n) is 8.21. The Morgan fingerprint density at radius 3 is 2.87 bits per heavy atom. The molecule has 0 atom stereocenters. The van der Waals surface area contributed by atoms with Gasteiger partial charge in [0.15, 0.2) is 0 Å². The van der Waals surface area contributed by atoms with Crippen molar-refractivity contribution < 1.29 is 14.6 Å². The highest BCUT2D eigenvalue weighted by Crippen LogP contribution is 2.28. The second-order valence-electron chi connectivity index (χ2n) is 6.92. The molecule has 1 aromatic heterocycles. The highest BCUT2D eigenvalue weighted by Gasteiger charge is 2.34. The lowest BCUT2D eigenvalue weighted by atomic mass is 10.2. The van der Waals surface area contributed by atoms with Crippen molar-refractivity contribution in [3.63, 3.8) is 0 Å². The summed E-state index contributed by atoms with van der Waals surface area (Å²) in [7, 11) is 0. The van der Waals surface area contributed by atoms with Gasteiger partial charge in [-0.25, -0.2) is 4.79 Å². The smallest absolute Gasteiger partial charge is 0.410 e. The summed E-state index contributed by atoms with van der Waals surface area (Å²) in [5.41, 5.74) is 0.604. The minimum atomic E-state index is -0.459. The number of carbonyl (C=O) groups excluding carboxylic acids is 1. The normalized spacial score (nSPS) is 14.8. The van der Waals surface area contributed by atoms with Gasteiger partial charge < -0.3 is 20.1 Å². The van der Waals surface area contributed by atoms with Gasteiger partial charge in [-0.3, -0.25) is 4.68 Å². The van der Waals surface area contributed by atoms with Crippen LogP contribution < -0.4 is 5.32 Å². The first kappa shape index (κ1) is 17.7. The zero-order valence-corrected chi connectivity index (χ0v) is 14.3. The molecule has 1 fully saturated rings. The first-order valence-corrected chi connectivity index (χ1v) is 8.21. The fraction of sp³-hybridized carbons (Fsp3) is 0.750. The molecule has 1 saturated carbocycles. The summed E-state index contributed by atoms with van der Waals surface area (Å²) < 4.78 is 7.19. The lowest BCUT2D eigenvalue weighted by Gasteiger charge is -2.27. The van der Waals surface area contributed by atoms with Crippen LogP contribution in [0.1, 0.15) is 39.2 Å². The molecule has 7 heteroatoms. The van der Waals surface area contributed by atoms with Crippen molar-refractivity contribution in [1.29, 1.82) is 0 Å². The minimum absolute atomic E-state index is 0.0841. The van der Waals surface area contributed by atoms with Crippen molar-refractivity contribution in [2.45, 2.75) is 58.3 Å². The average Bonchev–Trinajstić information content (AvgIpc) is 3.18. The molecule has 2 rings (SSSR count). The predicted molar refractivity (Wildman–Crippen MR) is 87.0 cm³/mol. The summed E-state index contributed by atoms with van der Waals surface area (Å²) in [4.78, 5) is 14.0. The Bertz CT molecular complexity index is 506. The molecule has 23 heavy (non-hydrogen) atoms. The fourth-order valence-corrected chi connectivity index (χ4v) is 2.28. The van der Waals surface area contributed by atoms with E-state index in [1.165, 1.54) is 0 Å². The van der Waals surface area contributed by atoms with Gasteiger partial charge in [0.05, 0.1) is 19.3 Å². The van der Waals surface area contributed by atoms with Crippen molar-refractivity contribution >= 4 is 6.09 Å². The van der Waals surface area contributed by atoms with Crippen LogP contribution in [-0.4, -0.2) is 57.2 Å². The second-order valence-corrected chi connectivity index (χ2v) is 6.92. The number of hydrogen-bond acceptors (Lipinski definition) is 5. The van der Waals surface area contributed by atoms with Gasteiger partial charge in [0, 0.05) is 37.4 Å². The summed E-state index contributed by atoms with van der Waals surface area (Å²) >= 11 is 0.